The average molecular weight is 307 g/mol. The van der Waals surface area contributed by atoms with Crippen molar-refractivity contribution in [3.8, 4) is 0 Å². The Morgan fingerprint density at radius 3 is 2.00 bits per heavy atom. The molecule has 0 bridgehead atoms. The number of hydrogen-bond acceptors (Lipinski definition) is 8. The van der Waals surface area contributed by atoms with Crippen LogP contribution >= 0.6 is 0 Å². The molecule has 0 amide bonds. The molecule has 0 aliphatic heterocycles. The van der Waals surface area contributed by atoms with Crippen LogP contribution in [0, 0.1) is 0 Å². The summed E-state index contributed by atoms with van der Waals surface area (Å²) in [5.41, 5.74) is 0. The molecule has 21 heavy (non-hydrogen) atoms. The molecule has 0 saturated carbocycles. The predicted octanol–water partition coefficient (Wildman–Crippen LogP) is -0.953. The molecule has 0 fully saturated rings. The quantitative estimate of drug-likeness (QED) is 0.488. The maximum absolute atomic E-state index is 11.3. The average Bonchev–Trinajstić information content (AvgIpc) is 2.45. The Hall–Kier alpha value is -1.22. The van der Waals surface area contributed by atoms with Gasteiger partial charge >= 0.3 is 11.9 Å². The molecule has 0 rings (SSSR count). The summed E-state index contributed by atoms with van der Waals surface area (Å²) in [7, 11) is 4.07. The number of aliphatic hydroxyl groups is 1. The first-order valence-electron chi connectivity index (χ1n) is 6.57. The maximum Gasteiger partial charge on any atom is 0.319 e. The van der Waals surface area contributed by atoms with E-state index in [9.17, 15) is 14.7 Å². The summed E-state index contributed by atoms with van der Waals surface area (Å²) in [6.45, 7) is 2.16. The van der Waals surface area contributed by atoms with Crippen LogP contribution in [-0.4, -0.2) is 88.3 Å². The van der Waals surface area contributed by atoms with Gasteiger partial charge in [-0.1, -0.05) is 0 Å². The minimum Gasteiger partial charge on any atom is -0.468 e. The Labute approximate surface area is 124 Å². The molecule has 8 nitrogen and oxygen atoms in total. The first-order chi connectivity index (χ1) is 9.92. The van der Waals surface area contributed by atoms with Gasteiger partial charge in [-0.15, -0.1) is 0 Å². The molecule has 0 spiro atoms. The van der Waals surface area contributed by atoms with E-state index in [0.29, 0.717) is 6.61 Å². The second-order valence-corrected chi connectivity index (χ2v) is 4.58. The van der Waals surface area contributed by atoms with Crippen molar-refractivity contribution < 1.29 is 33.6 Å². The van der Waals surface area contributed by atoms with Gasteiger partial charge in [-0.05, 0) is 6.92 Å². The van der Waals surface area contributed by atoms with E-state index in [1.807, 2.05) is 6.92 Å². The normalized spacial score (nSPS) is 13.8. The van der Waals surface area contributed by atoms with Gasteiger partial charge in [0.2, 0.25) is 0 Å². The predicted molar refractivity (Wildman–Crippen MR) is 73.8 cm³/mol. The summed E-state index contributed by atoms with van der Waals surface area (Å²) in [5.74, 6) is -1.00. The first kappa shape index (κ1) is 19.8. The number of rotatable bonds is 11. The molecule has 124 valence electrons. The van der Waals surface area contributed by atoms with E-state index in [4.69, 9.17) is 9.47 Å². The van der Waals surface area contributed by atoms with Crippen molar-refractivity contribution in [2.75, 3.05) is 54.2 Å². The zero-order valence-electron chi connectivity index (χ0n) is 13.0. The van der Waals surface area contributed by atoms with Crippen LogP contribution in [0.4, 0.5) is 0 Å². The molecule has 2 unspecified atom stereocenters. The Morgan fingerprint density at radius 2 is 1.57 bits per heavy atom. The van der Waals surface area contributed by atoms with Gasteiger partial charge in [0.1, 0.15) is 0 Å². The highest BCUT2D eigenvalue weighted by molar-refractivity contribution is 5.74. The monoisotopic (exact) mass is 307 g/mol. The number of esters is 2. The Morgan fingerprint density at radius 1 is 1.05 bits per heavy atom. The molecule has 0 aromatic carbocycles. The van der Waals surface area contributed by atoms with E-state index in [-0.39, 0.29) is 32.3 Å². The van der Waals surface area contributed by atoms with E-state index in [1.165, 1.54) is 19.1 Å². The molecule has 1 N–H and O–H groups in total. The van der Waals surface area contributed by atoms with Crippen LogP contribution in [0.1, 0.15) is 6.92 Å². The van der Waals surface area contributed by atoms with Crippen molar-refractivity contribution in [2.24, 2.45) is 0 Å². The highest BCUT2D eigenvalue weighted by Gasteiger charge is 2.19. The van der Waals surface area contributed by atoms with Crippen molar-refractivity contribution in [1.29, 1.82) is 0 Å². The van der Waals surface area contributed by atoms with Crippen molar-refractivity contribution in [3.63, 3.8) is 0 Å². The second kappa shape index (κ2) is 11.4. The van der Waals surface area contributed by atoms with E-state index in [2.05, 4.69) is 9.47 Å². The minimum absolute atomic E-state index is 0.0728. The van der Waals surface area contributed by atoms with E-state index in [1.54, 1.807) is 7.11 Å². The molecule has 0 aromatic rings. The number of carbonyl (C=O) groups excluding carboxylic acids is 2. The number of ether oxygens (including phenoxy) is 4. The van der Waals surface area contributed by atoms with Gasteiger partial charge < -0.3 is 24.1 Å². The lowest BCUT2D eigenvalue weighted by Crippen LogP contribution is -2.42. The highest BCUT2D eigenvalue weighted by atomic mass is 16.5. The molecule has 0 aliphatic carbocycles. The van der Waals surface area contributed by atoms with Gasteiger partial charge in [0.25, 0.3) is 0 Å². The van der Waals surface area contributed by atoms with Crippen LogP contribution in [0.5, 0.6) is 0 Å². The third-order valence-electron chi connectivity index (χ3n) is 2.60. The zero-order valence-corrected chi connectivity index (χ0v) is 13.0. The minimum atomic E-state index is -0.849. The molecular weight excluding hydrogens is 282 g/mol. The summed E-state index contributed by atoms with van der Waals surface area (Å²) in [5, 5.41) is 9.90. The first-order valence-corrected chi connectivity index (χ1v) is 6.57. The number of methoxy groups -OCH3 is 3. The van der Waals surface area contributed by atoms with Gasteiger partial charge in [-0.25, -0.2) is 0 Å². The number of aliphatic hydroxyl groups excluding tert-OH is 1. The van der Waals surface area contributed by atoms with Gasteiger partial charge in [0.05, 0.1) is 52.7 Å². The molecule has 0 saturated heterocycles. The topological polar surface area (TPSA) is 94.5 Å². The lowest BCUT2D eigenvalue weighted by atomic mass is 10.3. The van der Waals surface area contributed by atoms with Gasteiger partial charge in [-0.2, -0.15) is 0 Å². The van der Waals surface area contributed by atoms with Gasteiger partial charge in [0.15, 0.2) is 0 Å². The smallest absolute Gasteiger partial charge is 0.319 e. The SMILES string of the molecule is COCC(C)OCC(O)CN(CC(=O)OC)CC(=O)OC. The van der Waals surface area contributed by atoms with Crippen molar-refractivity contribution >= 4 is 11.9 Å². The lowest BCUT2D eigenvalue weighted by molar-refractivity contribution is -0.146. The summed E-state index contributed by atoms with van der Waals surface area (Å²) < 4.78 is 19.4. The van der Waals surface area contributed by atoms with Crippen molar-refractivity contribution in [3.05, 3.63) is 0 Å². The molecule has 2 atom stereocenters. The number of carbonyl (C=O) groups is 2. The van der Waals surface area contributed by atoms with Crippen LogP contribution in [0.3, 0.4) is 0 Å². The summed E-state index contributed by atoms with van der Waals surface area (Å²) in [4.78, 5) is 24.0. The third kappa shape index (κ3) is 10.2. The maximum atomic E-state index is 11.3. The van der Waals surface area contributed by atoms with E-state index in [0.717, 1.165) is 0 Å². The van der Waals surface area contributed by atoms with Crippen LogP contribution in [0.25, 0.3) is 0 Å². The molecular formula is C13H25NO7. The fourth-order valence-corrected chi connectivity index (χ4v) is 1.59. The van der Waals surface area contributed by atoms with Crippen LogP contribution in [0.2, 0.25) is 0 Å². The number of hydrogen-bond donors (Lipinski definition) is 1. The molecule has 0 aliphatic rings. The second-order valence-electron chi connectivity index (χ2n) is 4.58. The van der Waals surface area contributed by atoms with Crippen molar-refractivity contribution in [1.82, 2.24) is 4.90 Å². The van der Waals surface area contributed by atoms with E-state index >= 15 is 0 Å². The molecule has 0 radical (unpaired) electrons. The van der Waals surface area contributed by atoms with Crippen LogP contribution in [-0.2, 0) is 28.5 Å². The van der Waals surface area contributed by atoms with Crippen LogP contribution < -0.4 is 0 Å². The fraction of sp³-hybridized carbons (Fsp3) is 0.846. The Bertz CT molecular complexity index is 293. The largest absolute Gasteiger partial charge is 0.468 e. The van der Waals surface area contributed by atoms with Gasteiger partial charge in [-0.3, -0.25) is 14.5 Å². The molecule has 0 aromatic heterocycles. The standard InChI is InChI=1S/C13H25NO7/c1-10(8-18-2)21-9-11(15)5-14(6-12(16)19-3)7-13(17)20-4/h10-11,15H,5-9H2,1-4H3. The lowest BCUT2D eigenvalue weighted by Gasteiger charge is -2.23. The van der Waals surface area contributed by atoms with Gasteiger partial charge in [0, 0.05) is 13.7 Å². The Kier molecular flexibility index (Phi) is 10.8. The number of nitrogens with zero attached hydrogens (tertiary/aromatic N) is 1. The summed E-state index contributed by atoms with van der Waals surface area (Å²) in [6.07, 6.45) is -1.00. The van der Waals surface area contributed by atoms with E-state index < -0.39 is 18.0 Å². The molecule has 8 heteroatoms. The molecule has 0 heterocycles. The highest BCUT2D eigenvalue weighted by Crippen LogP contribution is 1.99. The van der Waals surface area contributed by atoms with Crippen molar-refractivity contribution in [2.45, 2.75) is 19.1 Å². The fourth-order valence-electron chi connectivity index (χ4n) is 1.59. The Balaban J connectivity index is 4.29. The third-order valence-corrected chi connectivity index (χ3v) is 2.60. The summed E-state index contributed by atoms with van der Waals surface area (Å²) >= 11 is 0. The van der Waals surface area contributed by atoms with Crippen LogP contribution in [0.15, 0.2) is 0 Å². The zero-order chi connectivity index (χ0) is 16.3. The summed E-state index contributed by atoms with van der Waals surface area (Å²) in [6, 6.07) is 0.